The Balaban J connectivity index is 1.51. The minimum Gasteiger partial charge on any atom is -0.353 e. The average molecular weight is 329 g/mol. The Morgan fingerprint density at radius 1 is 1.25 bits per heavy atom. The topological polar surface area (TPSA) is 35.6 Å². The summed E-state index contributed by atoms with van der Waals surface area (Å²) in [6.45, 7) is 9.38. The molecule has 1 aromatic rings. The van der Waals surface area contributed by atoms with E-state index in [1.807, 2.05) is 0 Å². The van der Waals surface area contributed by atoms with Crippen LogP contribution in [-0.2, 0) is 11.3 Å². The summed E-state index contributed by atoms with van der Waals surface area (Å²) >= 11 is 0. The van der Waals surface area contributed by atoms with Gasteiger partial charge < -0.3 is 5.32 Å². The number of hydrogen-bond acceptors (Lipinski definition) is 3. The molecule has 3 rings (SSSR count). The number of benzene rings is 1. The second kappa shape index (κ2) is 8.13. The van der Waals surface area contributed by atoms with E-state index in [1.165, 1.54) is 37.1 Å². The molecule has 0 aliphatic carbocycles. The minimum atomic E-state index is 0.0382. The summed E-state index contributed by atoms with van der Waals surface area (Å²) in [5, 5.41) is 3.21. The van der Waals surface area contributed by atoms with E-state index < -0.39 is 0 Å². The highest BCUT2D eigenvalue weighted by Gasteiger charge is 2.31. The molecule has 2 unspecified atom stereocenters. The molecule has 2 fully saturated rings. The number of carbonyl (C=O) groups excluding carboxylic acids is 1. The van der Waals surface area contributed by atoms with Crippen LogP contribution in [-0.4, -0.2) is 54.0 Å². The van der Waals surface area contributed by atoms with E-state index in [4.69, 9.17) is 0 Å². The molecule has 4 nitrogen and oxygen atoms in total. The van der Waals surface area contributed by atoms with Gasteiger partial charge in [-0.05, 0) is 64.7 Å². The second-order valence-electron chi connectivity index (χ2n) is 7.45. The van der Waals surface area contributed by atoms with Gasteiger partial charge in [0.15, 0.2) is 0 Å². The molecule has 4 heteroatoms. The smallest absolute Gasteiger partial charge is 0.237 e. The van der Waals surface area contributed by atoms with E-state index in [2.05, 4.69) is 53.2 Å². The molecule has 24 heavy (non-hydrogen) atoms. The third-order valence-corrected chi connectivity index (χ3v) is 5.47. The number of likely N-dealkylation sites (tertiary alicyclic amines) is 2. The van der Waals surface area contributed by atoms with Crippen molar-refractivity contribution in [1.29, 1.82) is 0 Å². The lowest BCUT2D eigenvalue weighted by Crippen LogP contribution is -2.47. The van der Waals surface area contributed by atoms with Crippen molar-refractivity contribution in [2.45, 2.75) is 58.2 Å². The minimum absolute atomic E-state index is 0.0382. The van der Waals surface area contributed by atoms with Gasteiger partial charge in [0.05, 0.1) is 6.04 Å². The molecule has 0 radical (unpaired) electrons. The van der Waals surface area contributed by atoms with Gasteiger partial charge in [-0.25, -0.2) is 0 Å². The van der Waals surface area contributed by atoms with Crippen LogP contribution in [0.1, 0.15) is 43.7 Å². The first kappa shape index (κ1) is 17.4. The largest absolute Gasteiger partial charge is 0.353 e. The molecule has 0 bridgehead atoms. The van der Waals surface area contributed by atoms with Crippen molar-refractivity contribution in [2.75, 3.05) is 26.2 Å². The quantitative estimate of drug-likeness (QED) is 0.871. The van der Waals surface area contributed by atoms with Gasteiger partial charge in [0.1, 0.15) is 0 Å². The second-order valence-corrected chi connectivity index (χ2v) is 7.45. The molecule has 132 valence electrons. The maximum Gasteiger partial charge on any atom is 0.237 e. The first-order chi connectivity index (χ1) is 11.6. The third-order valence-electron chi connectivity index (χ3n) is 5.47. The van der Waals surface area contributed by atoms with Crippen molar-refractivity contribution in [1.82, 2.24) is 15.1 Å². The van der Waals surface area contributed by atoms with E-state index in [1.54, 1.807) is 0 Å². The zero-order chi connectivity index (χ0) is 16.9. The predicted octanol–water partition coefficient (Wildman–Crippen LogP) is 2.56. The van der Waals surface area contributed by atoms with Gasteiger partial charge in [-0.15, -0.1) is 0 Å². The Bertz CT molecular complexity index is 554. The zero-order valence-electron chi connectivity index (χ0n) is 15.1. The fourth-order valence-electron chi connectivity index (χ4n) is 4.03. The number of amides is 1. The summed E-state index contributed by atoms with van der Waals surface area (Å²) in [6, 6.07) is 9.10. The first-order valence-corrected chi connectivity index (χ1v) is 9.45. The van der Waals surface area contributed by atoms with E-state index in [-0.39, 0.29) is 11.9 Å². The third kappa shape index (κ3) is 4.37. The normalized spacial score (nSPS) is 23.5. The van der Waals surface area contributed by atoms with Crippen molar-refractivity contribution < 1.29 is 4.79 Å². The summed E-state index contributed by atoms with van der Waals surface area (Å²) < 4.78 is 0. The Hall–Kier alpha value is -1.39. The lowest BCUT2D eigenvalue weighted by Gasteiger charge is -2.27. The maximum atomic E-state index is 12.7. The van der Waals surface area contributed by atoms with Gasteiger partial charge in [0.2, 0.25) is 5.91 Å². The van der Waals surface area contributed by atoms with Crippen molar-refractivity contribution in [2.24, 2.45) is 0 Å². The summed E-state index contributed by atoms with van der Waals surface area (Å²) in [4.78, 5) is 17.5. The van der Waals surface area contributed by atoms with E-state index in [0.717, 1.165) is 32.5 Å². The molecule has 1 N–H and O–H groups in total. The summed E-state index contributed by atoms with van der Waals surface area (Å²) in [5.74, 6) is 0.214. The molecular weight excluding hydrogens is 298 g/mol. The van der Waals surface area contributed by atoms with Gasteiger partial charge in [0, 0.05) is 19.1 Å². The molecule has 2 saturated heterocycles. The SMILES string of the molecule is Cc1cccc(CN2CCCC2C(=O)NCC(C)N2CCCC2)c1. The lowest BCUT2D eigenvalue weighted by molar-refractivity contribution is -0.125. The van der Waals surface area contributed by atoms with Crippen LogP contribution in [0.3, 0.4) is 0 Å². The van der Waals surface area contributed by atoms with Crippen molar-refractivity contribution in [3.63, 3.8) is 0 Å². The Morgan fingerprint density at radius 3 is 2.79 bits per heavy atom. The molecule has 0 aromatic heterocycles. The fourth-order valence-corrected chi connectivity index (χ4v) is 4.03. The van der Waals surface area contributed by atoms with E-state index in [0.29, 0.717) is 6.04 Å². The van der Waals surface area contributed by atoms with Crippen LogP contribution >= 0.6 is 0 Å². The van der Waals surface area contributed by atoms with Crippen LogP contribution in [0.5, 0.6) is 0 Å². The number of carbonyl (C=O) groups is 1. The predicted molar refractivity (Wildman–Crippen MR) is 97.9 cm³/mol. The van der Waals surface area contributed by atoms with Crippen LogP contribution in [0, 0.1) is 6.92 Å². The van der Waals surface area contributed by atoms with Crippen LogP contribution in [0.2, 0.25) is 0 Å². The summed E-state index contributed by atoms with van der Waals surface area (Å²) in [5.41, 5.74) is 2.59. The first-order valence-electron chi connectivity index (χ1n) is 9.45. The number of nitrogens with one attached hydrogen (secondary N) is 1. The molecule has 1 amide bonds. The summed E-state index contributed by atoms with van der Waals surface area (Å²) in [7, 11) is 0. The fraction of sp³-hybridized carbons (Fsp3) is 0.650. The van der Waals surface area contributed by atoms with Gasteiger partial charge in [-0.3, -0.25) is 14.6 Å². The Kier molecular flexibility index (Phi) is 5.90. The highest BCUT2D eigenvalue weighted by atomic mass is 16.2. The molecule has 0 saturated carbocycles. The molecule has 2 aliphatic rings. The molecule has 2 aliphatic heterocycles. The van der Waals surface area contributed by atoms with Crippen LogP contribution in [0.25, 0.3) is 0 Å². The van der Waals surface area contributed by atoms with Gasteiger partial charge >= 0.3 is 0 Å². The molecule has 1 aromatic carbocycles. The Labute approximate surface area is 146 Å². The maximum absolute atomic E-state index is 12.7. The lowest BCUT2D eigenvalue weighted by atomic mass is 10.1. The number of hydrogen-bond donors (Lipinski definition) is 1. The standard InChI is InChI=1S/C20H31N3O/c1-16-7-5-8-18(13-16)15-23-12-6-9-19(23)20(24)21-14-17(2)22-10-3-4-11-22/h5,7-8,13,17,19H,3-4,6,9-12,14-15H2,1-2H3,(H,21,24). The Morgan fingerprint density at radius 2 is 2.04 bits per heavy atom. The highest BCUT2D eigenvalue weighted by Crippen LogP contribution is 2.21. The highest BCUT2D eigenvalue weighted by molar-refractivity contribution is 5.82. The van der Waals surface area contributed by atoms with Crippen molar-refractivity contribution >= 4 is 5.91 Å². The van der Waals surface area contributed by atoms with Crippen molar-refractivity contribution in [3.8, 4) is 0 Å². The molecule has 2 atom stereocenters. The van der Waals surface area contributed by atoms with Crippen molar-refractivity contribution in [3.05, 3.63) is 35.4 Å². The van der Waals surface area contributed by atoms with Crippen LogP contribution < -0.4 is 5.32 Å². The van der Waals surface area contributed by atoms with Gasteiger partial charge in [-0.2, -0.15) is 0 Å². The van der Waals surface area contributed by atoms with E-state index >= 15 is 0 Å². The monoisotopic (exact) mass is 329 g/mol. The average Bonchev–Trinajstić information content (AvgIpc) is 3.24. The number of rotatable bonds is 6. The van der Waals surface area contributed by atoms with Gasteiger partial charge in [0.25, 0.3) is 0 Å². The van der Waals surface area contributed by atoms with Crippen LogP contribution in [0.4, 0.5) is 0 Å². The zero-order valence-corrected chi connectivity index (χ0v) is 15.1. The molecule has 2 heterocycles. The molecule has 0 spiro atoms. The van der Waals surface area contributed by atoms with Gasteiger partial charge in [-0.1, -0.05) is 29.8 Å². The van der Waals surface area contributed by atoms with Crippen LogP contribution in [0.15, 0.2) is 24.3 Å². The number of nitrogens with zero attached hydrogens (tertiary/aromatic N) is 2. The summed E-state index contributed by atoms with van der Waals surface area (Å²) in [6.07, 6.45) is 4.69. The van der Waals surface area contributed by atoms with E-state index in [9.17, 15) is 4.79 Å². The molecular formula is C20H31N3O. The number of aryl methyl sites for hydroxylation is 1.